The number of amides is 1. The maximum absolute atomic E-state index is 12.5. The number of ether oxygens (including phenoxy) is 1. The van der Waals surface area contributed by atoms with Gasteiger partial charge in [0.15, 0.2) is 9.84 Å². The number of aromatic nitrogens is 1. The van der Waals surface area contributed by atoms with Crippen molar-refractivity contribution in [1.82, 2.24) is 4.98 Å². The Morgan fingerprint density at radius 3 is 2.68 bits per heavy atom. The summed E-state index contributed by atoms with van der Waals surface area (Å²) in [5.41, 5.74) is 1.72. The highest BCUT2D eigenvalue weighted by molar-refractivity contribution is 7.90. The minimum Gasteiger partial charge on any atom is -0.492 e. The van der Waals surface area contributed by atoms with E-state index >= 15 is 0 Å². The Morgan fingerprint density at radius 1 is 1.21 bits per heavy atom. The fourth-order valence-electron chi connectivity index (χ4n) is 2.27. The van der Waals surface area contributed by atoms with Crippen molar-refractivity contribution in [3.8, 4) is 16.3 Å². The lowest BCUT2D eigenvalue weighted by atomic mass is 10.2. The number of benzene rings is 2. The second-order valence-corrected chi connectivity index (χ2v) is 9.56. The molecule has 146 valence electrons. The van der Waals surface area contributed by atoms with Crippen LogP contribution >= 0.6 is 22.9 Å². The van der Waals surface area contributed by atoms with E-state index in [0.29, 0.717) is 22.2 Å². The van der Waals surface area contributed by atoms with E-state index in [1.54, 1.807) is 41.8 Å². The molecule has 0 fully saturated rings. The largest absolute Gasteiger partial charge is 0.492 e. The van der Waals surface area contributed by atoms with Crippen LogP contribution < -0.4 is 10.1 Å². The molecule has 0 bridgehead atoms. The Hall–Kier alpha value is -2.42. The van der Waals surface area contributed by atoms with E-state index < -0.39 is 9.84 Å². The number of thiazole rings is 1. The van der Waals surface area contributed by atoms with E-state index in [0.717, 1.165) is 16.8 Å². The molecule has 0 saturated heterocycles. The van der Waals surface area contributed by atoms with Crippen LogP contribution in [0.1, 0.15) is 10.5 Å². The summed E-state index contributed by atoms with van der Waals surface area (Å²) in [5.74, 6) is 0.0573. The second kappa shape index (κ2) is 8.72. The average Bonchev–Trinajstić information content (AvgIpc) is 3.12. The monoisotopic (exact) mass is 436 g/mol. The maximum atomic E-state index is 12.5. The van der Waals surface area contributed by atoms with Crippen LogP contribution in [0.3, 0.4) is 0 Å². The maximum Gasteiger partial charge on any atom is 0.275 e. The number of nitrogens with zero attached hydrogens (tertiary/aromatic N) is 1. The van der Waals surface area contributed by atoms with Gasteiger partial charge >= 0.3 is 0 Å². The number of carbonyl (C=O) groups excluding carboxylic acids is 1. The minimum atomic E-state index is -3.09. The van der Waals surface area contributed by atoms with Gasteiger partial charge in [-0.1, -0.05) is 29.8 Å². The van der Waals surface area contributed by atoms with Crippen LogP contribution in [-0.4, -0.2) is 37.9 Å². The summed E-state index contributed by atoms with van der Waals surface area (Å²) in [7, 11) is -3.09. The van der Waals surface area contributed by atoms with Crippen LogP contribution in [0.15, 0.2) is 53.9 Å². The van der Waals surface area contributed by atoms with Gasteiger partial charge in [-0.05, 0) is 24.3 Å². The van der Waals surface area contributed by atoms with Gasteiger partial charge in [-0.15, -0.1) is 11.3 Å². The van der Waals surface area contributed by atoms with Gasteiger partial charge in [-0.3, -0.25) is 4.79 Å². The second-order valence-electron chi connectivity index (χ2n) is 6.01. The van der Waals surface area contributed by atoms with E-state index in [9.17, 15) is 13.2 Å². The summed E-state index contributed by atoms with van der Waals surface area (Å²) in [5, 5.41) is 5.81. The molecule has 0 unspecified atom stereocenters. The lowest BCUT2D eigenvalue weighted by Crippen LogP contribution is -2.13. The van der Waals surface area contributed by atoms with Crippen LogP contribution in [0.25, 0.3) is 10.6 Å². The van der Waals surface area contributed by atoms with Crippen molar-refractivity contribution in [2.45, 2.75) is 0 Å². The molecule has 1 heterocycles. The number of carbonyl (C=O) groups is 1. The van der Waals surface area contributed by atoms with Crippen LogP contribution in [0.2, 0.25) is 5.02 Å². The molecular weight excluding hydrogens is 420 g/mol. The third-order valence-corrected chi connectivity index (χ3v) is 5.69. The first kappa shape index (κ1) is 20.3. The van der Waals surface area contributed by atoms with Crippen molar-refractivity contribution in [2.24, 2.45) is 0 Å². The quantitative estimate of drug-likeness (QED) is 0.601. The highest BCUT2D eigenvalue weighted by Gasteiger charge is 2.13. The lowest BCUT2D eigenvalue weighted by Gasteiger charge is -2.08. The van der Waals surface area contributed by atoms with Crippen molar-refractivity contribution >= 4 is 44.4 Å². The fourth-order valence-corrected chi connectivity index (χ4v) is 3.59. The van der Waals surface area contributed by atoms with Crippen molar-refractivity contribution in [3.63, 3.8) is 0 Å². The first-order valence-corrected chi connectivity index (χ1v) is 11.6. The highest BCUT2D eigenvalue weighted by atomic mass is 35.5. The topological polar surface area (TPSA) is 85.4 Å². The van der Waals surface area contributed by atoms with Gasteiger partial charge in [0.1, 0.15) is 23.1 Å². The molecule has 0 radical (unpaired) electrons. The Kier molecular flexibility index (Phi) is 6.33. The molecular formula is C19H17ClN2O4S2. The van der Waals surface area contributed by atoms with Gasteiger partial charge in [0.2, 0.25) is 0 Å². The molecule has 0 spiro atoms. The standard InChI is InChI=1S/C19H17ClN2O4S2/c1-28(24,25)10-9-26-16-4-2-3-15(11-16)21-18(23)17-12-27-19(22-17)13-5-7-14(20)8-6-13/h2-8,11-12H,9-10H2,1H3,(H,21,23). The fraction of sp³-hybridized carbons (Fsp3) is 0.158. The Morgan fingerprint density at radius 2 is 1.96 bits per heavy atom. The number of halogens is 1. The van der Waals surface area contributed by atoms with E-state index in [2.05, 4.69) is 10.3 Å². The molecule has 0 saturated carbocycles. The minimum absolute atomic E-state index is 0.0484. The zero-order valence-corrected chi connectivity index (χ0v) is 17.3. The lowest BCUT2D eigenvalue weighted by molar-refractivity contribution is 0.102. The molecule has 6 nitrogen and oxygen atoms in total. The Balaban J connectivity index is 1.65. The predicted octanol–water partition coefficient (Wildman–Crippen LogP) is 4.14. The van der Waals surface area contributed by atoms with Crippen LogP contribution in [0, 0.1) is 0 Å². The zero-order chi connectivity index (χ0) is 20.1. The third-order valence-electron chi connectivity index (χ3n) is 3.64. The zero-order valence-electron chi connectivity index (χ0n) is 14.9. The number of sulfone groups is 1. The summed E-state index contributed by atoms with van der Waals surface area (Å²) < 4.78 is 27.8. The smallest absolute Gasteiger partial charge is 0.275 e. The first-order chi connectivity index (χ1) is 13.3. The van der Waals surface area contributed by atoms with E-state index in [4.69, 9.17) is 16.3 Å². The summed E-state index contributed by atoms with van der Waals surface area (Å²) in [6, 6.07) is 14.0. The molecule has 0 aliphatic rings. The molecule has 1 aromatic heterocycles. The molecule has 3 aromatic rings. The number of nitrogens with one attached hydrogen (secondary N) is 1. The highest BCUT2D eigenvalue weighted by Crippen LogP contribution is 2.26. The summed E-state index contributed by atoms with van der Waals surface area (Å²) >= 11 is 7.26. The number of anilines is 1. The SMILES string of the molecule is CS(=O)(=O)CCOc1cccc(NC(=O)c2csc(-c3ccc(Cl)cc3)n2)c1. The van der Waals surface area contributed by atoms with Crippen molar-refractivity contribution in [2.75, 3.05) is 23.9 Å². The molecule has 0 aliphatic heterocycles. The third kappa shape index (κ3) is 5.79. The van der Waals surface area contributed by atoms with E-state index in [-0.39, 0.29) is 18.3 Å². The molecule has 0 atom stereocenters. The normalized spacial score (nSPS) is 11.2. The Bertz CT molecular complexity index is 1080. The van der Waals surface area contributed by atoms with Gasteiger partial charge in [0, 0.05) is 34.0 Å². The van der Waals surface area contributed by atoms with Crippen LogP contribution in [-0.2, 0) is 9.84 Å². The van der Waals surface area contributed by atoms with Crippen molar-refractivity contribution in [3.05, 3.63) is 64.6 Å². The first-order valence-electron chi connectivity index (χ1n) is 8.23. The molecule has 3 rings (SSSR count). The molecule has 28 heavy (non-hydrogen) atoms. The van der Waals surface area contributed by atoms with E-state index in [1.165, 1.54) is 11.3 Å². The van der Waals surface area contributed by atoms with Gasteiger partial charge < -0.3 is 10.1 Å². The summed E-state index contributed by atoms with van der Waals surface area (Å²) in [6.07, 6.45) is 1.15. The predicted molar refractivity (Wildman–Crippen MR) is 112 cm³/mol. The summed E-state index contributed by atoms with van der Waals surface area (Å²) in [6.45, 7) is 0.0484. The van der Waals surface area contributed by atoms with E-state index in [1.807, 2.05) is 12.1 Å². The molecule has 0 aliphatic carbocycles. The average molecular weight is 437 g/mol. The van der Waals surface area contributed by atoms with Gasteiger partial charge in [-0.25, -0.2) is 13.4 Å². The Labute approximate surface area is 172 Å². The van der Waals surface area contributed by atoms with Crippen molar-refractivity contribution < 1.29 is 17.9 Å². The molecule has 1 N–H and O–H groups in total. The summed E-state index contributed by atoms with van der Waals surface area (Å²) in [4.78, 5) is 16.8. The number of rotatable bonds is 7. The van der Waals surface area contributed by atoms with Gasteiger partial charge in [0.25, 0.3) is 5.91 Å². The van der Waals surface area contributed by atoms with Crippen molar-refractivity contribution in [1.29, 1.82) is 0 Å². The molecule has 1 amide bonds. The van der Waals surface area contributed by atoms with Crippen LogP contribution in [0.5, 0.6) is 5.75 Å². The van der Waals surface area contributed by atoms with Gasteiger partial charge in [-0.2, -0.15) is 0 Å². The molecule has 9 heteroatoms. The number of hydrogen-bond donors (Lipinski definition) is 1. The van der Waals surface area contributed by atoms with Gasteiger partial charge in [0.05, 0.1) is 5.75 Å². The molecule has 2 aromatic carbocycles. The number of hydrogen-bond acceptors (Lipinski definition) is 6. The van der Waals surface area contributed by atoms with Crippen LogP contribution in [0.4, 0.5) is 5.69 Å².